The first kappa shape index (κ1) is 14.5. The summed E-state index contributed by atoms with van der Waals surface area (Å²) in [6.45, 7) is 1.80. The van der Waals surface area contributed by atoms with E-state index in [0.29, 0.717) is 0 Å². The van der Waals surface area contributed by atoms with Gasteiger partial charge in [-0.25, -0.2) is 4.98 Å². The van der Waals surface area contributed by atoms with E-state index < -0.39 is 0 Å². The minimum atomic E-state index is 0.196. The Morgan fingerprint density at radius 3 is 2.76 bits per heavy atom. The maximum atomic E-state index is 5.54. The molecule has 0 aromatic carbocycles. The largest absolute Gasteiger partial charge is 0.378 e. The van der Waals surface area contributed by atoms with Gasteiger partial charge in [0.15, 0.2) is 0 Å². The van der Waals surface area contributed by atoms with Crippen LogP contribution < -0.4 is 15.5 Å². The highest BCUT2D eigenvalue weighted by molar-refractivity contribution is 5.53. The number of nitrogens with zero attached hydrogens (tertiary/aromatic N) is 3. The van der Waals surface area contributed by atoms with E-state index in [2.05, 4.69) is 10.6 Å². The maximum Gasteiger partial charge on any atom is 0.227 e. The highest BCUT2D eigenvalue weighted by atomic mass is 16.5. The number of hydrogen-bond acceptors (Lipinski definition) is 6. The number of aryl methyl sites for hydroxylation is 1. The first-order chi connectivity index (χ1) is 10.2. The van der Waals surface area contributed by atoms with Gasteiger partial charge < -0.3 is 20.3 Å². The maximum absolute atomic E-state index is 5.54. The van der Waals surface area contributed by atoms with E-state index in [9.17, 15) is 0 Å². The molecule has 2 atom stereocenters. The molecule has 0 amide bonds. The summed E-state index contributed by atoms with van der Waals surface area (Å²) in [5, 5.41) is 6.97. The second kappa shape index (κ2) is 6.15. The monoisotopic (exact) mass is 291 g/mol. The minimum Gasteiger partial charge on any atom is -0.378 e. The van der Waals surface area contributed by atoms with Gasteiger partial charge in [-0.15, -0.1) is 0 Å². The molecule has 0 unspecified atom stereocenters. The van der Waals surface area contributed by atoms with E-state index in [4.69, 9.17) is 14.7 Å². The lowest BCUT2D eigenvalue weighted by Crippen LogP contribution is -2.35. The van der Waals surface area contributed by atoms with Crippen molar-refractivity contribution in [1.29, 1.82) is 0 Å². The Kier molecular flexibility index (Phi) is 4.26. The molecular formula is C15H25N5O. The Hall–Kier alpha value is -1.40. The Balaban J connectivity index is 1.90. The smallest absolute Gasteiger partial charge is 0.227 e. The van der Waals surface area contributed by atoms with Crippen LogP contribution in [-0.4, -0.2) is 56.4 Å². The van der Waals surface area contributed by atoms with Crippen LogP contribution in [0.3, 0.4) is 0 Å². The summed E-state index contributed by atoms with van der Waals surface area (Å²) in [5.41, 5.74) is 2.51. The van der Waals surface area contributed by atoms with Crippen molar-refractivity contribution in [3.63, 3.8) is 0 Å². The third kappa shape index (κ3) is 2.96. The molecule has 0 saturated carbocycles. The molecule has 6 nitrogen and oxygen atoms in total. The fourth-order valence-corrected chi connectivity index (χ4v) is 3.12. The van der Waals surface area contributed by atoms with Crippen molar-refractivity contribution in [3.05, 3.63) is 11.3 Å². The molecule has 1 aromatic heterocycles. The predicted octanol–water partition coefficient (Wildman–Crippen LogP) is 0.820. The number of nitrogens with one attached hydrogen (secondary N) is 2. The number of ether oxygens (including phenoxy) is 1. The fourth-order valence-electron chi connectivity index (χ4n) is 3.12. The lowest BCUT2D eigenvalue weighted by Gasteiger charge is -2.25. The van der Waals surface area contributed by atoms with E-state index in [1.165, 1.54) is 24.1 Å². The summed E-state index contributed by atoms with van der Waals surface area (Å²) in [4.78, 5) is 11.4. The molecule has 0 spiro atoms. The highest BCUT2D eigenvalue weighted by Gasteiger charge is 2.29. The van der Waals surface area contributed by atoms with Crippen LogP contribution in [0.1, 0.15) is 24.1 Å². The van der Waals surface area contributed by atoms with Crippen LogP contribution in [0.5, 0.6) is 0 Å². The van der Waals surface area contributed by atoms with Gasteiger partial charge in [0.25, 0.3) is 0 Å². The van der Waals surface area contributed by atoms with Gasteiger partial charge in [0.2, 0.25) is 5.95 Å². The molecule has 0 bridgehead atoms. The van der Waals surface area contributed by atoms with Crippen molar-refractivity contribution in [2.45, 2.75) is 37.8 Å². The zero-order chi connectivity index (χ0) is 14.8. The van der Waals surface area contributed by atoms with Gasteiger partial charge in [-0.3, -0.25) is 0 Å². The van der Waals surface area contributed by atoms with Gasteiger partial charge in [0.05, 0.1) is 17.8 Å². The summed E-state index contributed by atoms with van der Waals surface area (Å²) in [6.07, 6.45) is 4.78. The van der Waals surface area contributed by atoms with Crippen LogP contribution in [0.4, 0.5) is 11.8 Å². The molecule has 1 aliphatic carbocycles. The number of hydrogen-bond donors (Lipinski definition) is 2. The summed E-state index contributed by atoms with van der Waals surface area (Å²) in [5.74, 6) is 1.79. The summed E-state index contributed by atoms with van der Waals surface area (Å²) in [6, 6.07) is 0.269. The zero-order valence-corrected chi connectivity index (χ0v) is 13.1. The van der Waals surface area contributed by atoms with E-state index in [1.54, 1.807) is 7.11 Å². The molecule has 1 aromatic rings. The minimum absolute atomic E-state index is 0.196. The molecule has 6 heteroatoms. The number of methoxy groups -OCH3 is 1. The van der Waals surface area contributed by atoms with E-state index >= 15 is 0 Å². The summed E-state index contributed by atoms with van der Waals surface area (Å²) >= 11 is 0. The van der Waals surface area contributed by atoms with Crippen LogP contribution in [0.2, 0.25) is 0 Å². The normalized spacial score (nSPS) is 24.7. The first-order valence-corrected chi connectivity index (χ1v) is 7.76. The Bertz CT molecular complexity index is 505. The topological polar surface area (TPSA) is 62.3 Å². The quantitative estimate of drug-likeness (QED) is 0.856. The molecule has 0 radical (unpaired) electrons. The van der Waals surface area contributed by atoms with Crippen molar-refractivity contribution in [1.82, 2.24) is 15.3 Å². The van der Waals surface area contributed by atoms with E-state index in [1.807, 2.05) is 19.0 Å². The second-order valence-electron chi connectivity index (χ2n) is 6.08. The van der Waals surface area contributed by atoms with Crippen molar-refractivity contribution >= 4 is 11.8 Å². The summed E-state index contributed by atoms with van der Waals surface area (Å²) in [7, 11) is 5.75. The standard InChI is InChI=1S/C15H25N5O/c1-20(2)15-18-11-7-5-4-6-10(11)14(19-15)17-12-8-16-9-13(12)21-3/h12-13,16H,4-9H2,1-3H3,(H,17,18,19)/t12-,13-/m0/s1. The molecule has 2 aliphatic rings. The van der Waals surface area contributed by atoms with Crippen molar-refractivity contribution in [3.8, 4) is 0 Å². The van der Waals surface area contributed by atoms with Crippen LogP contribution in [0.15, 0.2) is 0 Å². The lowest BCUT2D eigenvalue weighted by molar-refractivity contribution is 0.111. The van der Waals surface area contributed by atoms with Gasteiger partial charge in [-0.1, -0.05) is 0 Å². The number of rotatable bonds is 4. The van der Waals surface area contributed by atoms with Gasteiger partial charge >= 0.3 is 0 Å². The molecule has 21 heavy (non-hydrogen) atoms. The van der Waals surface area contributed by atoms with Crippen LogP contribution >= 0.6 is 0 Å². The SMILES string of the molecule is CO[C@H]1CNC[C@@H]1Nc1nc(N(C)C)nc2c1CCCC2. The van der Waals surface area contributed by atoms with Crippen molar-refractivity contribution < 1.29 is 4.74 Å². The van der Waals surface area contributed by atoms with Crippen LogP contribution in [0, 0.1) is 0 Å². The second-order valence-corrected chi connectivity index (χ2v) is 6.08. The average molecular weight is 291 g/mol. The average Bonchev–Trinajstić information content (AvgIpc) is 2.94. The Labute approximate surface area is 126 Å². The third-order valence-corrected chi connectivity index (χ3v) is 4.35. The molecular weight excluding hydrogens is 266 g/mol. The molecule has 1 saturated heterocycles. The highest BCUT2D eigenvalue weighted by Crippen LogP contribution is 2.28. The number of aromatic nitrogens is 2. The van der Waals surface area contributed by atoms with Crippen LogP contribution in [0.25, 0.3) is 0 Å². The van der Waals surface area contributed by atoms with E-state index in [0.717, 1.165) is 37.7 Å². The third-order valence-electron chi connectivity index (χ3n) is 4.35. The Morgan fingerprint density at radius 1 is 1.19 bits per heavy atom. The predicted molar refractivity (Wildman–Crippen MR) is 84.1 cm³/mol. The first-order valence-electron chi connectivity index (χ1n) is 7.76. The lowest BCUT2D eigenvalue weighted by atomic mass is 9.96. The van der Waals surface area contributed by atoms with E-state index in [-0.39, 0.29) is 12.1 Å². The van der Waals surface area contributed by atoms with Gasteiger partial charge in [-0.2, -0.15) is 4.98 Å². The molecule has 2 N–H and O–H groups in total. The van der Waals surface area contributed by atoms with Gasteiger partial charge in [0, 0.05) is 39.9 Å². The van der Waals surface area contributed by atoms with Crippen molar-refractivity contribution in [2.24, 2.45) is 0 Å². The van der Waals surface area contributed by atoms with Gasteiger partial charge in [-0.05, 0) is 25.7 Å². The molecule has 1 fully saturated rings. The Morgan fingerprint density at radius 2 is 2.00 bits per heavy atom. The summed E-state index contributed by atoms with van der Waals surface area (Å²) < 4.78 is 5.54. The molecule has 3 rings (SSSR count). The van der Waals surface area contributed by atoms with Crippen molar-refractivity contribution in [2.75, 3.05) is 44.5 Å². The zero-order valence-electron chi connectivity index (χ0n) is 13.1. The van der Waals surface area contributed by atoms with Crippen LogP contribution in [-0.2, 0) is 17.6 Å². The van der Waals surface area contributed by atoms with Gasteiger partial charge in [0.1, 0.15) is 5.82 Å². The number of fused-ring (bicyclic) bond motifs is 1. The molecule has 1 aliphatic heterocycles. The molecule has 2 heterocycles. The molecule has 116 valence electrons. The number of anilines is 2. The fraction of sp³-hybridized carbons (Fsp3) is 0.733.